The summed E-state index contributed by atoms with van der Waals surface area (Å²) in [6.07, 6.45) is 2.31. The molecule has 0 spiro atoms. The van der Waals surface area contributed by atoms with Gasteiger partial charge in [-0.1, -0.05) is 44.0 Å². The molecule has 0 saturated heterocycles. The van der Waals surface area contributed by atoms with Crippen molar-refractivity contribution in [1.29, 1.82) is 0 Å². The molecular formula is C14H21Cl2N. The summed E-state index contributed by atoms with van der Waals surface area (Å²) < 4.78 is 0. The van der Waals surface area contributed by atoms with Crippen molar-refractivity contribution in [3.05, 3.63) is 28.2 Å². The Bertz CT molecular complexity index is 330. The number of nitrogens with zero attached hydrogens (tertiary/aromatic N) is 1. The molecule has 0 heterocycles. The topological polar surface area (TPSA) is 3.24 Å². The molecule has 1 nitrogen and oxygen atoms in total. The number of halogens is 2. The zero-order valence-corrected chi connectivity index (χ0v) is 12.4. The first kappa shape index (κ1) is 14.7. The standard InChI is InChI=1S/C14H21Cl2N/c1-4-6-17(7-5-11(2)3)14-9-12(15)8-13(16)10-14/h8-11H,4-7H2,1-3H3. The summed E-state index contributed by atoms with van der Waals surface area (Å²) in [5, 5.41) is 1.41. The van der Waals surface area contributed by atoms with Crippen molar-refractivity contribution >= 4 is 28.9 Å². The molecule has 0 saturated carbocycles. The lowest BCUT2D eigenvalue weighted by atomic mass is 10.1. The summed E-state index contributed by atoms with van der Waals surface area (Å²) in [6, 6.07) is 5.76. The third-order valence-electron chi connectivity index (χ3n) is 2.68. The van der Waals surface area contributed by atoms with Gasteiger partial charge in [0.15, 0.2) is 0 Å². The Labute approximate surface area is 115 Å². The van der Waals surface area contributed by atoms with Crippen LogP contribution in [0.4, 0.5) is 5.69 Å². The molecule has 0 aliphatic carbocycles. The predicted octanol–water partition coefficient (Wildman–Crippen LogP) is 5.26. The summed E-state index contributed by atoms with van der Waals surface area (Å²) in [4.78, 5) is 2.36. The molecule has 0 atom stereocenters. The summed E-state index contributed by atoms with van der Waals surface area (Å²) in [5.41, 5.74) is 1.13. The van der Waals surface area contributed by atoms with Crippen LogP contribution in [0.1, 0.15) is 33.6 Å². The van der Waals surface area contributed by atoms with E-state index in [1.165, 1.54) is 6.42 Å². The number of rotatable bonds is 6. The summed E-state index contributed by atoms with van der Waals surface area (Å²) in [5.74, 6) is 0.712. The van der Waals surface area contributed by atoms with Crippen LogP contribution >= 0.6 is 23.2 Å². The van der Waals surface area contributed by atoms with E-state index in [9.17, 15) is 0 Å². The van der Waals surface area contributed by atoms with Crippen LogP contribution in [0.5, 0.6) is 0 Å². The third-order valence-corrected chi connectivity index (χ3v) is 3.12. The van der Waals surface area contributed by atoms with Crippen molar-refractivity contribution < 1.29 is 0 Å². The van der Waals surface area contributed by atoms with Crippen LogP contribution in [0, 0.1) is 5.92 Å². The minimum absolute atomic E-state index is 0.707. The van der Waals surface area contributed by atoms with E-state index in [0.717, 1.165) is 25.2 Å². The quantitative estimate of drug-likeness (QED) is 0.684. The fourth-order valence-electron chi connectivity index (χ4n) is 1.78. The highest BCUT2D eigenvalue weighted by atomic mass is 35.5. The Kier molecular flexibility index (Phi) is 6.15. The molecule has 0 amide bonds. The molecule has 0 aliphatic rings. The molecule has 96 valence electrons. The fourth-order valence-corrected chi connectivity index (χ4v) is 2.29. The van der Waals surface area contributed by atoms with Crippen molar-refractivity contribution in [2.45, 2.75) is 33.6 Å². The van der Waals surface area contributed by atoms with Gasteiger partial charge in [-0.2, -0.15) is 0 Å². The van der Waals surface area contributed by atoms with Crippen molar-refractivity contribution in [3.63, 3.8) is 0 Å². The predicted molar refractivity (Wildman–Crippen MR) is 78.4 cm³/mol. The lowest BCUT2D eigenvalue weighted by Crippen LogP contribution is -2.26. The molecule has 0 bridgehead atoms. The van der Waals surface area contributed by atoms with Gasteiger partial charge < -0.3 is 4.90 Å². The maximum absolute atomic E-state index is 6.05. The summed E-state index contributed by atoms with van der Waals surface area (Å²) in [6.45, 7) is 8.78. The van der Waals surface area contributed by atoms with E-state index in [1.54, 1.807) is 6.07 Å². The third kappa shape index (κ3) is 5.18. The Hall–Kier alpha value is -0.400. The molecule has 3 heteroatoms. The van der Waals surface area contributed by atoms with Crippen LogP contribution in [-0.4, -0.2) is 13.1 Å². The second-order valence-electron chi connectivity index (χ2n) is 4.80. The average Bonchev–Trinajstić information content (AvgIpc) is 2.22. The van der Waals surface area contributed by atoms with Crippen LogP contribution in [0.2, 0.25) is 10.0 Å². The van der Waals surface area contributed by atoms with E-state index in [0.29, 0.717) is 16.0 Å². The van der Waals surface area contributed by atoms with Gasteiger partial charge in [0.2, 0.25) is 0 Å². The highest BCUT2D eigenvalue weighted by Crippen LogP contribution is 2.26. The highest BCUT2D eigenvalue weighted by Gasteiger charge is 2.08. The largest absolute Gasteiger partial charge is 0.371 e. The second kappa shape index (κ2) is 7.13. The second-order valence-corrected chi connectivity index (χ2v) is 5.67. The molecule has 1 rings (SSSR count). The van der Waals surface area contributed by atoms with E-state index < -0.39 is 0 Å². The maximum atomic E-state index is 6.05. The van der Waals surface area contributed by atoms with Gasteiger partial charge in [0.25, 0.3) is 0 Å². The van der Waals surface area contributed by atoms with E-state index in [1.807, 2.05) is 12.1 Å². The van der Waals surface area contributed by atoms with E-state index >= 15 is 0 Å². The first-order valence-electron chi connectivity index (χ1n) is 6.24. The van der Waals surface area contributed by atoms with Crippen molar-refractivity contribution in [2.75, 3.05) is 18.0 Å². The highest BCUT2D eigenvalue weighted by molar-refractivity contribution is 6.35. The average molecular weight is 274 g/mol. The lowest BCUT2D eigenvalue weighted by Gasteiger charge is -2.25. The van der Waals surface area contributed by atoms with Crippen LogP contribution in [0.15, 0.2) is 18.2 Å². The van der Waals surface area contributed by atoms with E-state index in [4.69, 9.17) is 23.2 Å². The molecular weight excluding hydrogens is 253 g/mol. The molecule has 1 aromatic carbocycles. The molecule has 0 N–H and O–H groups in total. The van der Waals surface area contributed by atoms with E-state index in [2.05, 4.69) is 25.7 Å². The minimum atomic E-state index is 0.707. The van der Waals surface area contributed by atoms with Crippen LogP contribution in [0.3, 0.4) is 0 Å². The molecule has 0 radical (unpaired) electrons. The van der Waals surface area contributed by atoms with Crippen LogP contribution in [-0.2, 0) is 0 Å². The number of hydrogen-bond donors (Lipinski definition) is 0. The normalized spacial score (nSPS) is 10.9. The SMILES string of the molecule is CCCN(CCC(C)C)c1cc(Cl)cc(Cl)c1. The zero-order chi connectivity index (χ0) is 12.8. The molecule has 0 unspecified atom stereocenters. The smallest absolute Gasteiger partial charge is 0.0441 e. The summed E-state index contributed by atoms with van der Waals surface area (Å²) in [7, 11) is 0. The zero-order valence-electron chi connectivity index (χ0n) is 10.8. The lowest BCUT2D eigenvalue weighted by molar-refractivity contribution is 0.570. The van der Waals surface area contributed by atoms with Gasteiger partial charge in [0.05, 0.1) is 0 Å². The van der Waals surface area contributed by atoms with Crippen molar-refractivity contribution in [3.8, 4) is 0 Å². The van der Waals surface area contributed by atoms with Crippen molar-refractivity contribution in [1.82, 2.24) is 0 Å². The molecule has 1 aromatic rings. The van der Waals surface area contributed by atoms with Gasteiger partial charge in [0, 0.05) is 28.8 Å². The molecule has 17 heavy (non-hydrogen) atoms. The van der Waals surface area contributed by atoms with Gasteiger partial charge in [0.1, 0.15) is 0 Å². The van der Waals surface area contributed by atoms with Gasteiger partial charge in [-0.15, -0.1) is 0 Å². The van der Waals surface area contributed by atoms with Gasteiger partial charge in [-0.3, -0.25) is 0 Å². The Morgan fingerprint density at radius 1 is 1.06 bits per heavy atom. The van der Waals surface area contributed by atoms with Crippen molar-refractivity contribution in [2.24, 2.45) is 5.92 Å². The number of hydrogen-bond acceptors (Lipinski definition) is 1. The first-order valence-corrected chi connectivity index (χ1v) is 6.99. The van der Waals surface area contributed by atoms with E-state index in [-0.39, 0.29) is 0 Å². The maximum Gasteiger partial charge on any atom is 0.0441 e. The van der Waals surface area contributed by atoms with Gasteiger partial charge in [-0.05, 0) is 37.0 Å². The fraction of sp³-hybridized carbons (Fsp3) is 0.571. The molecule has 0 aliphatic heterocycles. The monoisotopic (exact) mass is 273 g/mol. The first-order chi connectivity index (χ1) is 8.02. The van der Waals surface area contributed by atoms with Crippen LogP contribution < -0.4 is 4.90 Å². The Morgan fingerprint density at radius 2 is 1.65 bits per heavy atom. The number of benzene rings is 1. The molecule has 0 aromatic heterocycles. The minimum Gasteiger partial charge on any atom is -0.371 e. The Balaban J connectivity index is 2.80. The van der Waals surface area contributed by atoms with Gasteiger partial charge >= 0.3 is 0 Å². The Morgan fingerprint density at radius 3 is 2.12 bits per heavy atom. The number of anilines is 1. The molecule has 0 fully saturated rings. The van der Waals surface area contributed by atoms with Crippen LogP contribution in [0.25, 0.3) is 0 Å². The van der Waals surface area contributed by atoms with Gasteiger partial charge in [-0.25, -0.2) is 0 Å². The summed E-state index contributed by atoms with van der Waals surface area (Å²) >= 11 is 12.1.